The van der Waals surface area contributed by atoms with Gasteiger partial charge in [-0.25, -0.2) is 8.78 Å². The number of aliphatic hydroxyl groups excluding tert-OH is 1. The molecule has 0 saturated heterocycles. The SMILES string of the molecule is NCC(NCCCCCO)c1ccc(F)c(F)c1. The summed E-state index contributed by atoms with van der Waals surface area (Å²) in [5.41, 5.74) is 6.27. The van der Waals surface area contributed by atoms with Crippen LogP contribution >= 0.6 is 0 Å². The highest BCUT2D eigenvalue weighted by Gasteiger charge is 2.11. The fourth-order valence-corrected chi connectivity index (χ4v) is 1.76. The van der Waals surface area contributed by atoms with Gasteiger partial charge in [0.2, 0.25) is 0 Å². The van der Waals surface area contributed by atoms with Crippen LogP contribution in [0.3, 0.4) is 0 Å². The van der Waals surface area contributed by atoms with E-state index in [-0.39, 0.29) is 12.6 Å². The maximum Gasteiger partial charge on any atom is 0.159 e. The van der Waals surface area contributed by atoms with Gasteiger partial charge < -0.3 is 16.2 Å². The number of hydrogen-bond donors (Lipinski definition) is 3. The van der Waals surface area contributed by atoms with Gasteiger partial charge in [-0.15, -0.1) is 0 Å². The first kappa shape index (κ1) is 15.0. The molecule has 0 heterocycles. The Morgan fingerprint density at radius 1 is 1.17 bits per heavy atom. The standard InChI is InChI=1S/C13H20F2N2O/c14-11-5-4-10(8-12(11)15)13(9-16)17-6-2-1-3-7-18/h4-5,8,13,17-18H,1-3,6-7,9,16H2. The van der Waals surface area contributed by atoms with E-state index in [1.165, 1.54) is 12.1 Å². The summed E-state index contributed by atoms with van der Waals surface area (Å²) in [6, 6.07) is 3.65. The number of hydrogen-bond acceptors (Lipinski definition) is 3. The average Bonchev–Trinajstić information content (AvgIpc) is 2.37. The summed E-state index contributed by atoms with van der Waals surface area (Å²) < 4.78 is 25.9. The molecule has 0 bridgehead atoms. The molecule has 18 heavy (non-hydrogen) atoms. The number of halogens is 2. The number of unbranched alkanes of at least 4 members (excludes halogenated alkanes) is 2. The van der Waals surface area contributed by atoms with Crippen molar-refractivity contribution in [2.24, 2.45) is 5.73 Å². The molecular formula is C13H20F2N2O. The molecule has 0 aromatic heterocycles. The Morgan fingerprint density at radius 3 is 2.56 bits per heavy atom. The number of aliphatic hydroxyl groups is 1. The molecule has 1 aromatic rings. The van der Waals surface area contributed by atoms with Crippen molar-refractivity contribution >= 4 is 0 Å². The second-order valence-corrected chi connectivity index (χ2v) is 4.20. The number of benzene rings is 1. The van der Waals surface area contributed by atoms with Gasteiger partial charge in [-0.1, -0.05) is 6.07 Å². The maximum atomic E-state index is 13.1. The number of nitrogens with one attached hydrogen (secondary N) is 1. The van der Waals surface area contributed by atoms with E-state index in [2.05, 4.69) is 5.32 Å². The van der Waals surface area contributed by atoms with E-state index in [4.69, 9.17) is 10.8 Å². The molecule has 1 atom stereocenters. The average molecular weight is 258 g/mol. The fourth-order valence-electron chi connectivity index (χ4n) is 1.76. The lowest BCUT2D eigenvalue weighted by atomic mass is 10.1. The summed E-state index contributed by atoms with van der Waals surface area (Å²) in [6.45, 7) is 1.26. The Kier molecular flexibility index (Phi) is 6.78. The van der Waals surface area contributed by atoms with Crippen LogP contribution in [0.15, 0.2) is 18.2 Å². The van der Waals surface area contributed by atoms with E-state index in [1.54, 1.807) is 0 Å². The van der Waals surface area contributed by atoms with Crippen molar-refractivity contribution in [3.05, 3.63) is 35.4 Å². The number of nitrogens with two attached hydrogens (primary N) is 1. The molecule has 5 heteroatoms. The molecule has 3 nitrogen and oxygen atoms in total. The van der Waals surface area contributed by atoms with Crippen LogP contribution in [0.25, 0.3) is 0 Å². The monoisotopic (exact) mass is 258 g/mol. The van der Waals surface area contributed by atoms with E-state index in [0.717, 1.165) is 31.9 Å². The van der Waals surface area contributed by atoms with Crippen LogP contribution in [0.5, 0.6) is 0 Å². The normalized spacial score (nSPS) is 12.7. The van der Waals surface area contributed by atoms with Crippen molar-refractivity contribution < 1.29 is 13.9 Å². The van der Waals surface area contributed by atoms with Crippen LogP contribution in [-0.4, -0.2) is 24.8 Å². The molecule has 1 unspecified atom stereocenters. The quantitative estimate of drug-likeness (QED) is 0.622. The van der Waals surface area contributed by atoms with Crippen LogP contribution in [0.4, 0.5) is 8.78 Å². The molecule has 102 valence electrons. The van der Waals surface area contributed by atoms with Crippen molar-refractivity contribution in [1.82, 2.24) is 5.32 Å². The molecule has 0 aliphatic rings. The molecule has 0 amide bonds. The van der Waals surface area contributed by atoms with Crippen LogP contribution in [0, 0.1) is 11.6 Å². The molecule has 1 aromatic carbocycles. The first-order valence-electron chi connectivity index (χ1n) is 6.18. The van der Waals surface area contributed by atoms with Crippen LogP contribution in [0.1, 0.15) is 30.9 Å². The molecular weight excluding hydrogens is 238 g/mol. The van der Waals surface area contributed by atoms with E-state index in [0.29, 0.717) is 12.1 Å². The fraction of sp³-hybridized carbons (Fsp3) is 0.538. The summed E-state index contributed by atoms with van der Waals surface area (Å²) >= 11 is 0. The van der Waals surface area contributed by atoms with E-state index >= 15 is 0 Å². The van der Waals surface area contributed by atoms with Crippen molar-refractivity contribution in [2.45, 2.75) is 25.3 Å². The zero-order valence-corrected chi connectivity index (χ0v) is 10.3. The Labute approximate surface area is 106 Å². The minimum atomic E-state index is -0.854. The third-order valence-corrected chi connectivity index (χ3v) is 2.81. The molecule has 0 aliphatic carbocycles. The van der Waals surface area contributed by atoms with Crippen molar-refractivity contribution in [1.29, 1.82) is 0 Å². The lowest BCUT2D eigenvalue weighted by molar-refractivity contribution is 0.282. The van der Waals surface area contributed by atoms with Gasteiger partial charge in [-0.05, 0) is 43.5 Å². The Hall–Kier alpha value is -1.04. The van der Waals surface area contributed by atoms with Crippen LogP contribution in [-0.2, 0) is 0 Å². The second kappa shape index (κ2) is 8.13. The second-order valence-electron chi connectivity index (χ2n) is 4.20. The highest BCUT2D eigenvalue weighted by molar-refractivity contribution is 5.21. The Balaban J connectivity index is 2.47. The van der Waals surface area contributed by atoms with Gasteiger partial charge in [0.05, 0.1) is 0 Å². The van der Waals surface area contributed by atoms with Crippen LogP contribution in [0.2, 0.25) is 0 Å². The minimum Gasteiger partial charge on any atom is -0.396 e. The predicted octanol–water partition coefficient (Wildman–Crippen LogP) is 1.72. The molecule has 0 aliphatic heterocycles. The lowest BCUT2D eigenvalue weighted by Gasteiger charge is -2.17. The van der Waals surface area contributed by atoms with Gasteiger partial charge in [0.15, 0.2) is 11.6 Å². The Morgan fingerprint density at radius 2 is 1.94 bits per heavy atom. The van der Waals surface area contributed by atoms with Crippen molar-refractivity contribution in [3.63, 3.8) is 0 Å². The zero-order valence-electron chi connectivity index (χ0n) is 10.3. The maximum absolute atomic E-state index is 13.1. The van der Waals surface area contributed by atoms with Crippen molar-refractivity contribution in [3.8, 4) is 0 Å². The predicted molar refractivity (Wildman–Crippen MR) is 67.1 cm³/mol. The smallest absolute Gasteiger partial charge is 0.159 e. The third-order valence-electron chi connectivity index (χ3n) is 2.81. The first-order chi connectivity index (χ1) is 8.69. The topological polar surface area (TPSA) is 58.3 Å². The van der Waals surface area contributed by atoms with Crippen molar-refractivity contribution in [2.75, 3.05) is 19.7 Å². The van der Waals surface area contributed by atoms with Gasteiger partial charge in [-0.3, -0.25) is 0 Å². The molecule has 4 N–H and O–H groups in total. The molecule has 0 fully saturated rings. The van der Waals surface area contributed by atoms with Gasteiger partial charge in [-0.2, -0.15) is 0 Å². The summed E-state index contributed by atoms with van der Waals surface area (Å²) in [5.74, 6) is -1.70. The lowest BCUT2D eigenvalue weighted by Crippen LogP contribution is -2.29. The van der Waals surface area contributed by atoms with E-state index in [1.807, 2.05) is 0 Å². The zero-order chi connectivity index (χ0) is 13.4. The summed E-state index contributed by atoms with van der Waals surface area (Å²) in [6.07, 6.45) is 2.62. The van der Waals surface area contributed by atoms with E-state index in [9.17, 15) is 8.78 Å². The first-order valence-corrected chi connectivity index (χ1v) is 6.18. The summed E-state index contributed by atoms with van der Waals surface area (Å²) in [7, 11) is 0. The highest BCUT2D eigenvalue weighted by atomic mass is 19.2. The van der Waals surface area contributed by atoms with Gasteiger partial charge >= 0.3 is 0 Å². The highest BCUT2D eigenvalue weighted by Crippen LogP contribution is 2.15. The van der Waals surface area contributed by atoms with Gasteiger partial charge in [0, 0.05) is 19.2 Å². The largest absolute Gasteiger partial charge is 0.396 e. The Bertz CT molecular complexity index is 361. The summed E-state index contributed by atoms with van der Waals surface area (Å²) in [5, 5.41) is 11.8. The van der Waals surface area contributed by atoms with E-state index < -0.39 is 11.6 Å². The number of rotatable bonds is 8. The molecule has 1 rings (SSSR count). The molecule has 0 saturated carbocycles. The molecule has 0 radical (unpaired) electrons. The van der Waals surface area contributed by atoms with Crippen LogP contribution < -0.4 is 11.1 Å². The minimum absolute atomic E-state index is 0.172. The molecule has 0 spiro atoms. The van der Waals surface area contributed by atoms with Gasteiger partial charge in [0.25, 0.3) is 0 Å². The third kappa shape index (κ3) is 4.68. The van der Waals surface area contributed by atoms with Gasteiger partial charge in [0.1, 0.15) is 0 Å². The summed E-state index contributed by atoms with van der Waals surface area (Å²) in [4.78, 5) is 0.